The van der Waals surface area contributed by atoms with Gasteiger partial charge in [0, 0.05) is 6.42 Å². The van der Waals surface area contributed by atoms with Crippen LogP contribution in [0.25, 0.3) is 0 Å². The third-order valence-electron chi connectivity index (χ3n) is 24.1. The van der Waals surface area contributed by atoms with Gasteiger partial charge in [0.05, 0.1) is 38.6 Å². The average Bonchev–Trinajstić information content (AvgIpc) is 0.779. The summed E-state index contributed by atoms with van der Waals surface area (Å²) in [6, 6.07) is -0.886. The van der Waals surface area contributed by atoms with Gasteiger partial charge in [-0.1, -0.05) is 405 Å². The van der Waals surface area contributed by atoms with Gasteiger partial charge in [-0.15, -0.1) is 0 Å². The predicted octanol–water partition coefficient (Wildman–Crippen LogP) is 18.6. The lowest BCUT2D eigenvalue weighted by Gasteiger charge is -2.48. The van der Waals surface area contributed by atoms with Crippen molar-refractivity contribution < 1.29 is 89.4 Å². The molecular formula is C92H177NO18. The van der Waals surface area contributed by atoms with Crippen LogP contribution in [0.5, 0.6) is 0 Å². The third-order valence-corrected chi connectivity index (χ3v) is 24.1. The standard InChI is InChI=1S/C92H177NO18/c1-3-5-7-9-11-13-15-17-19-21-23-25-27-29-31-33-34-35-36-37-38-39-40-42-44-46-48-50-52-54-56-58-60-62-64-66-68-70-80(98)93-75(76(97)69-67-65-63-61-59-57-55-53-51-49-47-45-43-41-32-30-28-26-24-22-20-18-16-14-12-10-8-6-4-2)74-106-90-86(104)83(101)88(78(72-95)108-90)111-92-87(105)84(102)89(79(73-96)109-92)110-91-85(103)82(100)81(99)77(71-94)107-91/h21,23,75-79,81-92,94-97,99-105H,3-20,22,24-74H2,1-2H3,(H,93,98)/b23-21-. The topological polar surface area (TPSA) is 307 Å². The summed E-state index contributed by atoms with van der Waals surface area (Å²) in [5.74, 6) is -0.231. The zero-order chi connectivity index (χ0) is 80.3. The zero-order valence-electron chi connectivity index (χ0n) is 71.2. The molecule has 19 heteroatoms. The number of hydrogen-bond acceptors (Lipinski definition) is 18. The number of rotatable bonds is 79. The summed E-state index contributed by atoms with van der Waals surface area (Å²) in [7, 11) is 0. The average molecular weight is 1590 g/mol. The smallest absolute Gasteiger partial charge is 0.220 e. The fourth-order valence-electron chi connectivity index (χ4n) is 16.6. The number of hydrogen-bond donors (Lipinski definition) is 12. The van der Waals surface area contributed by atoms with E-state index in [1.165, 1.54) is 360 Å². The number of aliphatic hydroxyl groups excluding tert-OH is 11. The molecule has 17 atom stereocenters. The van der Waals surface area contributed by atoms with Gasteiger partial charge in [-0.05, 0) is 38.5 Å². The van der Waals surface area contributed by atoms with Crippen LogP contribution in [0.2, 0.25) is 0 Å². The molecule has 17 unspecified atom stereocenters. The molecule has 3 saturated heterocycles. The van der Waals surface area contributed by atoms with Crippen LogP contribution in [-0.4, -0.2) is 193 Å². The van der Waals surface area contributed by atoms with E-state index in [2.05, 4.69) is 31.3 Å². The Kier molecular flexibility index (Phi) is 67.8. The molecule has 12 N–H and O–H groups in total. The van der Waals surface area contributed by atoms with Crippen LogP contribution in [0.1, 0.15) is 438 Å². The van der Waals surface area contributed by atoms with E-state index in [-0.39, 0.29) is 18.9 Å². The van der Waals surface area contributed by atoms with E-state index in [9.17, 15) is 61.0 Å². The summed E-state index contributed by atoms with van der Waals surface area (Å²) in [6.45, 7) is 1.89. The van der Waals surface area contributed by atoms with Gasteiger partial charge in [-0.2, -0.15) is 0 Å². The van der Waals surface area contributed by atoms with Gasteiger partial charge in [-0.25, -0.2) is 0 Å². The van der Waals surface area contributed by atoms with Crippen molar-refractivity contribution in [3.63, 3.8) is 0 Å². The van der Waals surface area contributed by atoms with Gasteiger partial charge in [0.1, 0.15) is 73.2 Å². The van der Waals surface area contributed by atoms with Gasteiger partial charge >= 0.3 is 0 Å². The molecule has 111 heavy (non-hydrogen) atoms. The minimum absolute atomic E-state index is 0.231. The van der Waals surface area contributed by atoms with E-state index in [1.807, 2.05) is 0 Å². The van der Waals surface area contributed by atoms with Crippen molar-refractivity contribution in [2.24, 2.45) is 0 Å². The molecule has 3 aliphatic rings. The second-order valence-corrected chi connectivity index (χ2v) is 34.2. The zero-order valence-corrected chi connectivity index (χ0v) is 71.2. The first-order valence-electron chi connectivity index (χ1n) is 47.4. The predicted molar refractivity (Wildman–Crippen MR) is 448 cm³/mol. The number of unbranched alkanes of at least 4 members (excludes halogenated alkanes) is 61. The van der Waals surface area contributed by atoms with E-state index < -0.39 is 124 Å². The summed E-state index contributed by atoms with van der Waals surface area (Å²) in [5, 5.41) is 121. The lowest BCUT2D eigenvalue weighted by molar-refractivity contribution is -0.379. The first kappa shape index (κ1) is 104. The van der Waals surface area contributed by atoms with Gasteiger partial charge < -0.3 is 89.9 Å². The molecule has 0 aliphatic carbocycles. The maximum Gasteiger partial charge on any atom is 0.220 e. The Hall–Kier alpha value is -1.47. The quantitative estimate of drug-likeness (QED) is 0.0199. The van der Waals surface area contributed by atoms with Crippen LogP contribution in [0.15, 0.2) is 12.2 Å². The van der Waals surface area contributed by atoms with Crippen molar-refractivity contribution in [2.45, 2.75) is 542 Å². The number of allylic oxidation sites excluding steroid dienone is 2. The largest absolute Gasteiger partial charge is 0.394 e. The second-order valence-electron chi connectivity index (χ2n) is 34.2. The van der Waals surface area contributed by atoms with Gasteiger partial charge in [0.15, 0.2) is 18.9 Å². The highest BCUT2D eigenvalue weighted by molar-refractivity contribution is 5.76. The number of amides is 1. The highest BCUT2D eigenvalue weighted by Crippen LogP contribution is 2.34. The molecule has 0 aromatic heterocycles. The molecule has 3 fully saturated rings. The van der Waals surface area contributed by atoms with Crippen LogP contribution in [0.4, 0.5) is 0 Å². The second kappa shape index (κ2) is 72.5. The summed E-state index contributed by atoms with van der Waals surface area (Å²) >= 11 is 0. The molecule has 3 aliphatic heterocycles. The lowest BCUT2D eigenvalue weighted by atomic mass is 9.96. The molecule has 0 spiro atoms. The van der Waals surface area contributed by atoms with Gasteiger partial charge in [-0.3, -0.25) is 4.79 Å². The highest BCUT2D eigenvalue weighted by atomic mass is 16.8. The Morgan fingerprint density at radius 3 is 0.874 bits per heavy atom. The molecular weight excluding hydrogens is 1410 g/mol. The molecule has 0 aromatic carbocycles. The Bertz CT molecular complexity index is 2040. The SMILES string of the molecule is CCCCCCCCCC/C=C\CCCCCCCCCCCCCCCCCCCCCCCCCCCC(=O)NC(COC1OC(CO)C(OC2OC(CO)C(OC3OC(CO)C(O)C(O)C3O)C(O)C2O)C(O)C1O)C(O)CCCCCCCCCCCCCCCCCCCCCCCCCCCCCCC. The van der Waals surface area contributed by atoms with E-state index in [4.69, 9.17) is 28.4 Å². The van der Waals surface area contributed by atoms with Gasteiger partial charge in [0.25, 0.3) is 0 Å². The number of carbonyl (C=O) groups excluding carboxylic acids is 1. The number of ether oxygens (including phenoxy) is 6. The Balaban J connectivity index is 1.29. The van der Waals surface area contributed by atoms with Crippen LogP contribution >= 0.6 is 0 Å². The van der Waals surface area contributed by atoms with E-state index in [0.29, 0.717) is 12.8 Å². The maximum absolute atomic E-state index is 13.6. The van der Waals surface area contributed by atoms with Crippen molar-refractivity contribution >= 4 is 5.91 Å². The number of carbonyl (C=O) groups is 1. The number of aliphatic hydroxyl groups is 11. The van der Waals surface area contributed by atoms with Crippen LogP contribution in [-0.2, 0) is 33.2 Å². The maximum atomic E-state index is 13.6. The monoisotopic (exact) mass is 1580 g/mol. The Morgan fingerprint density at radius 2 is 0.568 bits per heavy atom. The van der Waals surface area contributed by atoms with Crippen LogP contribution in [0, 0.1) is 0 Å². The molecule has 19 nitrogen and oxygen atoms in total. The summed E-state index contributed by atoms with van der Waals surface area (Å²) in [6.07, 6.45) is 63.4. The molecule has 0 bridgehead atoms. The van der Waals surface area contributed by atoms with Crippen LogP contribution in [0.3, 0.4) is 0 Å². The minimum atomic E-state index is -1.97. The first-order chi connectivity index (χ1) is 54.3. The number of nitrogens with one attached hydrogen (secondary N) is 1. The lowest BCUT2D eigenvalue weighted by Crippen LogP contribution is -2.66. The molecule has 1 amide bonds. The normalized spacial score (nSPS) is 25.0. The fraction of sp³-hybridized carbons (Fsp3) is 0.967. The molecule has 3 heterocycles. The van der Waals surface area contributed by atoms with E-state index in [0.717, 1.165) is 44.9 Å². The third kappa shape index (κ3) is 50.9. The molecule has 3 rings (SSSR count). The summed E-state index contributed by atoms with van der Waals surface area (Å²) in [5.41, 5.74) is 0. The summed E-state index contributed by atoms with van der Waals surface area (Å²) in [4.78, 5) is 13.6. The van der Waals surface area contributed by atoms with Gasteiger partial charge in [0.2, 0.25) is 5.91 Å². The Labute approximate surface area is 677 Å². The van der Waals surface area contributed by atoms with Crippen molar-refractivity contribution in [2.75, 3.05) is 26.4 Å². The summed E-state index contributed by atoms with van der Waals surface area (Å²) < 4.78 is 34.6. The van der Waals surface area contributed by atoms with Crippen molar-refractivity contribution in [3.05, 3.63) is 12.2 Å². The van der Waals surface area contributed by atoms with Crippen molar-refractivity contribution in [1.82, 2.24) is 5.32 Å². The van der Waals surface area contributed by atoms with Crippen LogP contribution < -0.4 is 5.32 Å². The van der Waals surface area contributed by atoms with E-state index in [1.54, 1.807) is 0 Å². The molecule has 0 saturated carbocycles. The fourth-order valence-corrected chi connectivity index (χ4v) is 16.6. The molecule has 0 aromatic rings. The highest BCUT2D eigenvalue weighted by Gasteiger charge is 2.54. The first-order valence-corrected chi connectivity index (χ1v) is 47.4. The van der Waals surface area contributed by atoms with E-state index >= 15 is 0 Å². The van der Waals surface area contributed by atoms with Crippen molar-refractivity contribution in [3.8, 4) is 0 Å². The Morgan fingerprint density at radius 1 is 0.315 bits per heavy atom. The van der Waals surface area contributed by atoms with Crippen molar-refractivity contribution in [1.29, 1.82) is 0 Å². The molecule has 658 valence electrons. The molecule has 0 radical (unpaired) electrons. The minimum Gasteiger partial charge on any atom is -0.394 e.